The van der Waals surface area contributed by atoms with Crippen LogP contribution in [-0.2, 0) is 0 Å². The molecule has 1 aliphatic carbocycles. The summed E-state index contributed by atoms with van der Waals surface area (Å²) in [5, 5.41) is 0. The van der Waals surface area contributed by atoms with Crippen molar-refractivity contribution >= 4 is 12.2 Å². The van der Waals surface area contributed by atoms with Gasteiger partial charge in [-0.25, -0.2) is 0 Å². The van der Waals surface area contributed by atoms with Crippen molar-refractivity contribution in [2.45, 2.75) is 6.42 Å². The fourth-order valence-corrected chi connectivity index (χ4v) is 1.75. The van der Waals surface area contributed by atoms with E-state index < -0.39 is 0 Å². The van der Waals surface area contributed by atoms with Gasteiger partial charge in [0, 0.05) is 11.1 Å². The molecule has 2 heteroatoms. The number of allylic oxidation sites excluding steroid dienone is 2. The summed E-state index contributed by atoms with van der Waals surface area (Å²) < 4.78 is 10.7. The number of ether oxygens (including phenoxy) is 2. The van der Waals surface area contributed by atoms with E-state index in [0.29, 0.717) is 0 Å². The molecule has 0 spiro atoms. The lowest BCUT2D eigenvalue weighted by molar-refractivity contribution is 0.401. The lowest BCUT2D eigenvalue weighted by atomic mass is 10.1. The maximum Gasteiger partial charge on any atom is 0.126 e. The molecule has 0 N–H and O–H groups in total. The van der Waals surface area contributed by atoms with Gasteiger partial charge in [-0.3, -0.25) is 0 Å². The highest BCUT2D eigenvalue weighted by atomic mass is 16.5. The lowest BCUT2D eigenvalue weighted by Gasteiger charge is -2.11. The third-order valence-electron chi connectivity index (χ3n) is 2.49. The van der Waals surface area contributed by atoms with Crippen molar-refractivity contribution < 1.29 is 9.47 Å². The molecule has 78 valence electrons. The van der Waals surface area contributed by atoms with Crippen LogP contribution in [0.25, 0.3) is 12.2 Å². The number of rotatable bonds is 2. The van der Waals surface area contributed by atoms with Crippen LogP contribution in [0.15, 0.2) is 24.3 Å². The van der Waals surface area contributed by atoms with Crippen LogP contribution in [0.2, 0.25) is 0 Å². The Labute approximate surface area is 89.8 Å². The van der Waals surface area contributed by atoms with E-state index in [4.69, 9.17) is 9.47 Å². The van der Waals surface area contributed by atoms with Crippen LogP contribution in [0.1, 0.15) is 17.5 Å². The first-order valence-electron chi connectivity index (χ1n) is 4.95. The molecule has 0 fully saturated rings. The molecular weight excluding hydrogens is 188 g/mol. The molecule has 1 aromatic carbocycles. The summed E-state index contributed by atoms with van der Waals surface area (Å²) in [7, 11) is 3.37. The molecule has 2 nitrogen and oxygen atoms in total. The zero-order valence-electron chi connectivity index (χ0n) is 8.99. The normalized spacial score (nSPS) is 13.2. The standard InChI is InChI=1S/C13H14O2/c1-14-12-8-9-13(15-2)11-7-5-3-4-6-10(11)12/h4-9H,3H2,1-2H3. The van der Waals surface area contributed by atoms with E-state index in [1.165, 1.54) is 0 Å². The van der Waals surface area contributed by atoms with Crippen molar-refractivity contribution in [2.24, 2.45) is 0 Å². The van der Waals surface area contributed by atoms with Crippen LogP contribution in [0.5, 0.6) is 11.5 Å². The van der Waals surface area contributed by atoms with Crippen molar-refractivity contribution in [2.75, 3.05) is 14.2 Å². The highest BCUT2D eigenvalue weighted by Crippen LogP contribution is 2.33. The summed E-state index contributed by atoms with van der Waals surface area (Å²) in [6.45, 7) is 0. The predicted octanol–water partition coefficient (Wildman–Crippen LogP) is 3.13. The average molecular weight is 202 g/mol. The third-order valence-corrected chi connectivity index (χ3v) is 2.49. The van der Waals surface area contributed by atoms with Crippen LogP contribution in [0.4, 0.5) is 0 Å². The van der Waals surface area contributed by atoms with Gasteiger partial charge in [-0.2, -0.15) is 0 Å². The Morgan fingerprint density at radius 1 is 0.867 bits per heavy atom. The number of fused-ring (bicyclic) bond motifs is 1. The van der Waals surface area contributed by atoms with Crippen molar-refractivity contribution in [3.8, 4) is 11.5 Å². The van der Waals surface area contributed by atoms with Crippen molar-refractivity contribution in [1.29, 1.82) is 0 Å². The monoisotopic (exact) mass is 202 g/mol. The smallest absolute Gasteiger partial charge is 0.126 e. The fraction of sp³-hybridized carbons (Fsp3) is 0.231. The number of methoxy groups -OCH3 is 2. The fourth-order valence-electron chi connectivity index (χ4n) is 1.75. The molecule has 0 unspecified atom stereocenters. The molecule has 1 aromatic rings. The molecule has 1 aliphatic rings. The van der Waals surface area contributed by atoms with Crippen molar-refractivity contribution in [3.63, 3.8) is 0 Å². The summed E-state index contributed by atoms with van der Waals surface area (Å²) in [6, 6.07) is 3.86. The van der Waals surface area contributed by atoms with E-state index in [9.17, 15) is 0 Å². The molecule has 0 aliphatic heterocycles. The van der Waals surface area contributed by atoms with Gasteiger partial charge in [0.1, 0.15) is 11.5 Å². The molecule has 0 saturated heterocycles. The molecule has 0 heterocycles. The second-order valence-electron chi connectivity index (χ2n) is 3.34. The Hall–Kier alpha value is -1.70. The SMILES string of the molecule is COc1ccc(OC)c2c1C=CCC=C2. The number of hydrogen-bond acceptors (Lipinski definition) is 2. The van der Waals surface area contributed by atoms with Crippen LogP contribution in [-0.4, -0.2) is 14.2 Å². The summed E-state index contributed by atoms with van der Waals surface area (Å²) in [5.74, 6) is 1.77. The highest BCUT2D eigenvalue weighted by molar-refractivity contribution is 5.75. The van der Waals surface area contributed by atoms with E-state index in [1.54, 1.807) is 14.2 Å². The number of benzene rings is 1. The molecule has 0 bridgehead atoms. The van der Waals surface area contributed by atoms with Crippen LogP contribution >= 0.6 is 0 Å². The second-order valence-corrected chi connectivity index (χ2v) is 3.34. The molecule has 0 saturated carbocycles. The van der Waals surface area contributed by atoms with Crippen LogP contribution in [0.3, 0.4) is 0 Å². The topological polar surface area (TPSA) is 18.5 Å². The van der Waals surface area contributed by atoms with Gasteiger partial charge in [0.25, 0.3) is 0 Å². The maximum absolute atomic E-state index is 5.33. The average Bonchev–Trinajstić information content (AvgIpc) is 2.53. The van der Waals surface area contributed by atoms with Crippen LogP contribution < -0.4 is 9.47 Å². The van der Waals surface area contributed by atoms with Gasteiger partial charge in [0.15, 0.2) is 0 Å². The van der Waals surface area contributed by atoms with E-state index in [0.717, 1.165) is 29.0 Å². The van der Waals surface area contributed by atoms with Gasteiger partial charge in [-0.1, -0.05) is 24.3 Å². The Morgan fingerprint density at radius 3 is 1.73 bits per heavy atom. The zero-order chi connectivity index (χ0) is 10.7. The highest BCUT2D eigenvalue weighted by Gasteiger charge is 2.11. The Kier molecular flexibility index (Phi) is 2.77. The third kappa shape index (κ3) is 1.75. The molecule has 2 rings (SSSR count). The molecule has 0 aromatic heterocycles. The molecule has 0 atom stereocenters. The summed E-state index contributed by atoms with van der Waals surface area (Å²) in [5.41, 5.74) is 2.18. The van der Waals surface area contributed by atoms with E-state index in [2.05, 4.69) is 24.3 Å². The summed E-state index contributed by atoms with van der Waals surface area (Å²) in [6.07, 6.45) is 9.34. The van der Waals surface area contributed by atoms with Gasteiger partial charge < -0.3 is 9.47 Å². The van der Waals surface area contributed by atoms with Gasteiger partial charge in [-0.15, -0.1) is 0 Å². The minimum Gasteiger partial charge on any atom is -0.496 e. The first-order valence-corrected chi connectivity index (χ1v) is 4.95. The Bertz CT molecular complexity index is 378. The Balaban J connectivity index is 2.65. The summed E-state index contributed by atoms with van der Waals surface area (Å²) in [4.78, 5) is 0. The zero-order valence-corrected chi connectivity index (χ0v) is 8.99. The minimum absolute atomic E-state index is 0.883. The first kappa shape index (κ1) is 9.84. The van der Waals surface area contributed by atoms with Crippen molar-refractivity contribution in [3.05, 3.63) is 35.4 Å². The largest absolute Gasteiger partial charge is 0.496 e. The quantitative estimate of drug-likeness (QED) is 0.733. The molecule has 0 radical (unpaired) electrons. The minimum atomic E-state index is 0.883. The van der Waals surface area contributed by atoms with Gasteiger partial charge in [-0.05, 0) is 18.6 Å². The van der Waals surface area contributed by atoms with E-state index in [-0.39, 0.29) is 0 Å². The van der Waals surface area contributed by atoms with Gasteiger partial charge in [0.2, 0.25) is 0 Å². The summed E-state index contributed by atoms with van der Waals surface area (Å²) >= 11 is 0. The molecule has 0 amide bonds. The predicted molar refractivity (Wildman–Crippen MR) is 62.2 cm³/mol. The first-order chi connectivity index (χ1) is 7.36. The number of hydrogen-bond donors (Lipinski definition) is 0. The van der Waals surface area contributed by atoms with Crippen LogP contribution in [0, 0.1) is 0 Å². The molecule has 15 heavy (non-hydrogen) atoms. The Morgan fingerprint density at radius 2 is 1.33 bits per heavy atom. The lowest BCUT2D eigenvalue weighted by Crippen LogP contribution is -1.93. The van der Waals surface area contributed by atoms with E-state index >= 15 is 0 Å². The van der Waals surface area contributed by atoms with Crippen molar-refractivity contribution in [1.82, 2.24) is 0 Å². The maximum atomic E-state index is 5.33. The van der Waals surface area contributed by atoms with Gasteiger partial charge >= 0.3 is 0 Å². The second kappa shape index (κ2) is 4.22. The van der Waals surface area contributed by atoms with E-state index in [1.807, 2.05) is 12.1 Å². The van der Waals surface area contributed by atoms with Gasteiger partial charge in [0.05, 0.1) is 14.2 Å². The molecular formula is C13H14O2.